The summed E-state index contributed by atoms with van der Waals surface area (Å²) in [5.41, 5.74) is 5.49. The van der Waals surface area contributed by atoms with E-state index in [2.05, 4.69) is 4.74 Å². The zero-order valence-corrected chi connectivity index (χ0v) is 8.02. The Kier molecular flexibility index (Phi) is 5.06. The molecule has 76 valence electrons. The number of carbonyl (C=O) groups is 2. The van der Waals surface area contributed by atoms with Gasteiger partial charge in [0.25, 0.3) is 6.47 Å². The first-order valence-electron chi connectivity index (χ1n) is 4.04. The van der Waals surface area contributed by atoms with E-state index < -0.39 is 18.3 Å². The van der Waals surface area contributed by atoms with Crippen molar-refractivity contribution < 1.29 is 19.1 Å². The lowest BCUT2D eigenvalue weighted by Gasteiger charge is -2.17. The molecule has 5 heteroatoms. The Labute approximate surface area is 77.2 Å². The van der Waals surface area contributed by atoms with E-state index in [0.717, 1.165) is 0 Å². The van der Waals surface area contributed by atoms with Crippen LogP contribution in [0.1, 0.15) is 20.8 Å². The second-order valence-corrected chi connectivity index (χ2v) is 3.01. The lowest BCUT2D eigenvalue weighted by molar-refractivity contribution is -0.178. The Balaban J connectivity index is 3.92. The highest BCUT2D eigenvalue weighted by Gasteiger charge is 2.21. The second kappa shape index (κ2) is 5.53. The van der Waals surface area contributed by atoms with Crippen LogP contribution in [0.5, 0.6) is 0 Å². The minimum absolute atomic E-state index is 0.00377. The van der Waals surface area contributed by atoms with Gasteiger partial charge in [0.2, 0.25) is 6.29 Å². The zero-order chi connectivity index (χ0) is 10.4. The summed E-state index contributed by atoms with van der Waals surface area (Å²) >= 11 is 0. The van der Waals surface area contributed by atoms with E-state index in [1.807, 2.05) is 0 Å². The molecule has 5 nitrogen and oxygen atoms in total. The van der Waals surface area contributed by atoms with Crippen molar-refractivity contribution in [1.29, 1.82) is 0 Å². The van der Waals surface area contributed by atoms with Crippen LogP contribution in [0.4, 0.5) is 0 Å². The monoisotopic (exact) mass is 189 g/mol. The smallest absolute Gasteiger partial charge is 0.326 e. The molecule has 0 bridgehead atoms. The summed E-state index contributed by atoms with van der Waals surface area (Å²) in [6.07, 6.45) is -0.880. The Morgan fingerprint density at radius 1 is 1.38 bits per heavy atom. The van der Waals surface area contributed by atoms with Crippen LogP contribution in [0.3, 0.4) is 0 Å². The molecule has 0 aliphatic heterocycles. The fraction of sp³-hybridized carbons (Fsp3) is 0.750. The van der Waals surface area contributed by atoms with Crippen LogP contribution in [0.15, 0.2) is 0 Å². The first kappa shape index (κ1) is 11.9. The number of nitrogens with two attached hydrogens (primary N) is 1. The van der Waals surface area contributed by atoms with Crippen molar-refractivity contribution in [1.82, 2.24) is 0 Å². The van der Waals surface area contributed by atoms with Crippen LogP contribution >= 0.6 is 0 Å². The molecule has 0 heterocycles. The summed E-state index contributed by atoms with van der Waals surface area (Å²) in [4.78, 5) is 21.0. The molecule has 0 amide bonds. The fourth-order valence-electron chi connectivity index (χ4n) is 0.620. The summed E-state index contributed by atoms with van der Waals surface area (Å²) in [6, 6.07) is -0.683. The van der Waals surface area contributed by atoms with Gasteiger partial charge in [-0.25, -0.2) is 0 Å². The number of carbonyl (C=O) groups excluding carboxylic acids is 2. The topological polar surface area (TPSA) is 78.6 Å². The number of esters is 1. The van der Waals surface area contributed by atoms with E-state index in [-0.39, 0.29) is 12.4 Å². The maximum Gasteiger partial charge on any atom is 0.326 e. The molecule has 0 rings (SSSR count). The van der Waals surface area contributed by atoms with Gasteiger partial charge in [-0.05, 0) is 5.92 Å². The lowest BCUT2D eigenvalue weighted by atomic mass is 10.1. The maximum atomic E-state index is 11.1. The van der Waals surface area contributed by atoms with Crippen molar-refractivity contribution >= 4 is 12.4 Å². The van der Waals surface area contributed by atoms with Crippen molar-refractivity contribution in [2.24, 2.45) is 11.7 Å². The van der Waals surface area contributed by atoms with Gasteiger partial charge in [0, 0.05) is 6.92 Å². The van der Waals surface area contributed by atoms with Gasteiger partial charge in [0.05, 0.1) is 0 Å². The minimum Gasteiger partial charge on any atom is -0.428 e. The van der Waals surface area contributed by atoms with E-state index in [1.54, 1.807) is 13.8 Å². The lowest BCUT2D eigenvalue weighted by Crippen LogP contribution is -2.38. The Morgan fingerprint density at radius 3 is 2.31 bits per heavy atom. The van der Waals surface area contributed by atoms with E-state index in [0.29, 0.717) is 0 Å². The molecule has 0 unspecified atom stereocenters. The Morgan fingerprint density at radius 2 is 1.92 bits per heavy atom. The molecule has 2 N–H and O–H groups in total. The SMILES string of the molecule is CC(C)[C@H](N)C(=O)O[C@@H](C)OC=O. The van der Waals surface area contributed by atoms with Crippen molar-refractivity contribution in [2.45, 2.75) is 33.1 Å². The van der Waals surface area contributed by atoms with E-state index in [9.17, 15) is 9.59 Å². The van der Waals surface area contributed by atoms with E-state index >= 15 is 0 Å². The van der Waals surface area contributed by atoms with Crippen LogP contribution in [0.2, 0.25) is 0 Å². The van der Waals surface area contributed by atoms with Gasteiger partial charge in [-0.3, -0.25) is 9.59 Å². The highest BCUT2D eigenvalue weighted by molar-refractivity contribution is 5.75. The first-order valence-corrected chi connectivity index (χ1v) is 4.04. The molecule has 2 atom stereocenters. The highest BCUT2D eigenvalue weighted by atomic mass is 16.7. The van der Waals surface area contributed by atoms with Gasteiger partial charge in [0.1, 0.15) is 6.04 Å². The molecule has 0 saturated carbocycles. The predicted octanol–water partition coefficient (Wildman–Crippen LogP) is 0.0319. The quantitative estimate of drug-likeness (QED) is 0.375. The number of hydrogen-bond acceptors (Lipinski definition) is 5. The normalized spacial score (nSPS) is 14.8. The standard InChI is InChI=1S/C8H15NO4/c1-5(2)7(9)8(11)13-6(3)12-4-10/h4-7H,9H2,1-3H3/t6-,7-/m0/s1. The average Bonchev–Trinajstić information content (AvgIpc) is 2.03. The molecule has 0 spiro atoms. The molecule has 0 aliphatic rings. The van der Waals surface area contributed by atoms with Crippen molar-refractivity contribution in [3.05, 3.63) is 0 Å². The predicted molar refractivity (Wildman–Crippen MR) is 45.5 cm³/mol. The first-order chi connectivity index (χ1) is 5.99. The molecule has 13 heavy (non-hydrogen) atoms. The summed E-state index contributed by atoms with van der Waals surface area (Å²) in [5, 5.41) is 0. The third-order valence-electron chi connectivity index (χ3n) is 1.52. The van der Waals surface area contributed by atoms with E-state index in [1.165, 1.54) is 6.92 Å². The summed E-state index contributed by atoms with van der Waals surface area (Å²) < 4.78 is 9.06. The number of hydrogen-bond donors (Lipinski definition) is 1. The zero-order valence-electron chi connectivity index (χ0n) is 8.02. The van der Waals surface area contributed by atoms with E-state index in [4.69, 9.17) is 10.5 Å². The highest BCUT2D eigenvalue weighted by Crippen LogP contribution is 2.02. The fourth-order valence-corrected chi connectivity index (χ4v) is 0.620. The number of rotatable bonds is 5. The summed E-state index contributed by atoms with van der Waals surface area (Å²) in [6.45, 7) is 5.27. The molecule has 0 radical (unpaired) electrons. The molecule has 0 aromatic rings. The van der Waals surface area contributed by atoms with Crippen molar-refractivity contribution in [3.63, 3.8) is 0 Å². The van der Waals surface area contributed by atoms with Gasteiger partial charge in [-0.2, -0.15) is 0 Å². The summed E-state index contributed by atoms with van der Waals surface area (Å²) in [5.74, 6) is -0.569. The van der Waals surface area contributed by atoms with Crippen LogP contribution in [-0.2, 0) is 19.1 Å². The van der Waals surface area contributed by atoms with Gasteiger partial charge in [0.15, 0.2) is 0 Å². The number of ether oxygens (including phenoxy) is 2. The molecular formula is C8H15NO4. The Hall–Kier alpha value is -1.10. The molecule has 0 aliphatic carbocycles. The van der Waals surface area contributed by atoms with Crippen molar-refractivity contribution in [2.75, 3.05) is 0 Å². The molecule has 0 aromatic carbocycles. The Bertz CT molecular complexity index is 181. The molecular weight excluding hydrogens is 174 g/mol. The maximum absolute atomic E-state index is 11.1. The van der Waals surface area contributed by atoms with Crippen LogP contribution in [-0.4, -0.2) is 24.8 Å². The minimum atomic E-state index is -0.880. The van der Waals surface area contributed by atoms with Gasteiger partial charge < -0.3 is 15.2 Å². The second-order valence-electron chi connectivity index (χ2n) is 3.01. The average molecular weight is 189 g/mol. The molecule has 0 fully saturated rings. The van der Waals surface area contributed by atoms with Gasteiger partial charge in [-0.15, -0.1) is 0 Å². The van der Waals surface area contributed by atoms with Crippen LogP contribution < -0.4 is 5.73 Å². The van der Waals surface area contributed by atoms with Gasteiger partial charge >= 0.3 is 5.97 Å². The van der Waals surface area contributed by atoms with Crippen LogP contribution in [0, 0.1) is 5.92 Å². The van der Waals surface area contributed by atoms with Crippen LogP contribution in [0.25, 0.3) is 0 Å². The third-order valence-corrected chi connectivity index (χ3v) is 1.52. The summed E-state index contributed by atoms with van der Waals surface area (Å²) in [7, 11) is 0. The molecule has 0 saturated heterocycles. The largest absolute Gasteiger partial charge is 0.428 e. The molecule has 0 aromatic heterocycles. The van der Waals surface area contributed by atoms with Crippen molar-refractivity contribution in [3.8, 4) is 0 Å². The van der Waals surface area contributed by atoms with Gasteiger partial charge in [-0.1, -0.05) is 13.8 Å². The third kappa shape index (κ3) is 4.47.